The molecule has 0 saturated carbocycles. The first kappa shape index (κ1) is 14.5. The SMILES string of the molecule is CCOc1cc(C)sc1CNS(=O)(=O)C(C)C. The van der Waals surface area contributed by atoms with Gasteiger partial charge < -0.3 is 4.74 Å². The molecule has 4 nitrogen and oxygen atoms in total. The summed E-state index contributed by atoms with van der Waals surface area (Å²) in [5.41, 5.74) is 0. The van der Waals surface area contributed by atoms with E-state index in [4.69, 9.17) is 4.74 Å². The molecular formula is C11H19NO3S2. The highest BCUT2D eigenvalue weighted by molar-refractivity contribution is 7.90. The van der Waals surface area contributed by atoms with Gasteiger partial charge in [-0.3, -0.25) is 0 Å². The van der Waals surface area contributed by atoms with Crippen LogP contribution in [0.2, 0.25) is 0 Å². The zero-order valence-corrected chi connectivity index (χ0v) is 12.2. The fraction of sp³-hybridized carbons (Fsp3) is 0.636. The number of thiophene rings is 1. The summed E-state index contributed by atoms with van der Waals surface area (Å²) in [6.07, 6.45) is 0. The summed E-state index contributed by atoms with van der Waals surface area (Å²) in [7, 11) is -3.22. The van der Waals surface area contributed by atoms with Crippen molar-refractivity contribution in [1.82, 2.24) is 4.72 Å². The van der Waals surface area contributed by atoms with Crippen LogP contribution in [-0.4, -0.2) is 20.3 Å². The number of hydrogen-bond donors (Lipinski definition) is 1. The van der Waals surface area contributed by atoms with Crippen LogP contribution in [0.5, 0.6) is 5.75 Å². The zero-order valence-electron chi connectivity index (χ0n) is 10.6. The molecule has 1 heterocycles. The highest BCUT2D eigenvalue weighted by Gasteiger charge is 2.17. The van der Waals surface area contributed by atoms with Gasteiger partial charge in [0, 0.05) is 11.4 Å². The van der Waals surface area contributed by atoms with Gasteiger partial charge in [-0.15, -0.1) is 11.3 Å². The second-order valence-electron chi connectivity index (χ2n) is 3.99. The van der Waals surface area contributed by atoms with Crippen LogP contribution in [0, 0.1) is 6.92 Å². The van der Waals surface area contributed by atoms with Gasteiger partial charge in [0.15, 0.2) is 0 Å². The maximum atomic E-state index is 11.6. The molecule has 17 heavy (non-hydrogen) atoms. The van der Waals surface area contributed by atoms with Gasteiger partial charge in [-0.2, -0.15) is 0 Å². The summed E-state index contributed by atoms with van der Waals surface area (Å²) in [6, 6.07) is 1.94. The molecule has 98 valence electrons. The van der Waals surface area contributed by atoms with Gasteiger partial charge in [-0.1, -0.05) is 0 Å². The third-order valence-corrected chi connectivity index (χ3v) is 5.07. The molecule has 0 aromatic carbocycles. The smallest absolute Gasteiger partial charge is 0.214 e. The van der Waals surface area contributed by atoms with E-state index in [2.05, 4.69) is 4.72 Å². The average molecular weight is 277 g/mol. The molecule has 0 radical (unpaired) electrons. The number of nitrogens with one attached hydrogen (secondary N) is 1. The molecular weight excluding hydrogens is 258 g/mol. The Hall–Kier alpha value is -0.590. The molecule has 1 N–H and O–H groups in total. The Labute approximate surface area is 107 Å². The molecule has 0 saturated heterocycles. The fourth-order valence-electron chi connectivity index (χ4n) is 1.27. The van der Waals surface area contributed by atoms with Crippen LogP contribution in [0.3, 0.4) is 0 Å². The monoisotopic (exact) mass is 277 g/mol. The van der Waals surface area contributed by atoms with E-state index in [1.54, 1.807) is 25.2 Å². The van der Waals surface area contributed by atoms with Crippen LogP contribution in [0.15, 0.2) is 6.07 Å². The summed E-state index contributed by atoms with van der Waals surface area (Å²) in [5, 5.41) is -0.417. The van der Waals surface area contributed by atoms with Crippen molar-refractivity contribution in [1.29, 1.82) is 0 Å². The lowest BCUT2D eigenvalue weighted by atomic mass is 10.4. The van der Waals surface area contributed by atoms with Crippen molar-refractivity contribution in [3.8, 4) is 5.75 Å². The van der Waals surface area contributed by atoms with Crippen molar-refractivity contribution in [2.45, 2.75) is 39.5 Å². The molecule has 1 rings (SSSR count). The molecule has 0 amide bonds. The minimum atomic E-state index is -3.22. The molecule has 1 aromatic rings. The lowest BCUT2D eigenvalue weighted by Gasteiger charge is -2.09. The Kier molecular flexibility index (Phi) is 4.97. The predicted molar refractivity (Wildman–Crippen MR) is 71.1 cm³/mol. The van der Waals surface area contributed by atoms with Crippen molar-refractivity contribution >= 4 is 21.4 Å². The summed E-state index contributed by atoms with van der Waals surface area (Å²) in [4.78, 5) is 2.04. The predicted octanol–water partition coefficient (Wildman–Crippen LogP) is 2.28. The van der Waals surface area contributed by atoms with Gasteiger partial charge in [-0.25, -0.2) is 13.1 Å². The highest BCUT2D eigenvalue weighted by atomic mass is 32.2. The molecule has 6 heteroatoms. The van der Waals surface area contributed by atoms with Gasteiger partial charge in [-0.05, 0) is 33.8 Å². The zero-order chi connectivity index (χ0) is 13.1. The first-order valence-electron chi connectivity index (χ1n) is 5.57. The summed E-state index contributed by atoms with van der Waals surface area (Å²) >= 11 is 1.55. The number of ether oxygens (including phenoxy) is 1. The molecule has 0 atom stereocenters. The van der Waals surface area contributed by atoms with Gasteiger partial charge in [0.25, 0.3) is 0 Å². The summed E-state index contributed by atoms with van der Waals surface area (Å²) in [6.45, 7) is 8.09. The second kappa shape index (κ2) is 5.84. The van der Waals surface area contributed by atoms with Gasteiger partial charge in [0.1, 0.15) is 5.75 Å². The Bertz CT molecular complexity index is 463. The maximum Gasteiger partial charge on any atom is 0.214 e. The number of rotatable bonds is 6. The van der Waals surface area contributed by atoms with Gasteiger partial charge >= 0.3 is 0 Å². The molecule has 0 bridgehead atoms. The molecule has 0 spiro atoms. The van der Waals surface area contributed by atoms with E-state index in [-0.39, 0.29) is 0 Å². The number of sulfonamides is 1. The Balaban J connectivity index is 2.75. The minimum Gasteiger partial charge on any atom is -0.493 e. The Morgan fingerprint density at radius 3 is 2.65 bits per heavy atom. The average Bonchev–Trinajstić information content (AvgIpc) is 2.56. The van der Waals surface area contributed by atoms with Crippen LogP contribution < -0.4 is 9.46 Å². The summed E-state index contributed by atoms with van der Waals surface area (Å²) < 4.78 is 31.3. The van der Waals surface area contributed by atoms with Crippen molar-refractivity contribution in [2.24, 2.45) is 0 Å². The first-order chi connectivity index (χ1) is 7.86. The van der Waals surface area contributed by atoms with E-state index in [9.17, 15) is 8.42 Å². The largest absolute Gasteiger partial charge is 0.493 e. The maximum absolute atomic E-state index is 11.6. The lowest BCUT2D eigenvalue weighted by molar-refractivity contribution is 0.338. The molecule has 0 fully saturated rings. The van der Waals surface area contributed by atoms with Gasteiger partial charge in [0.05, 0.1) is 16.7 Å². The standard InChI is InChI=1S/C11H19NO3S2/c1-5-15-10-6-9(4)16-11(10)7-12-17(13,14)8(2)3/h6,8,12H,5,7H2,1-4H3. The molecule has 0 unspecified atom stereocenters. The Morgan fingerprint density at radius 1 is 1.47 bits per heavy atom. The van der Waals surface area contributed by atoms with Gasteiger partial charge in [0.2, 0.25) is 10.0 Å². The van der Waals surface area contributed by atoms with E-state index in [1.807, 2.05) is 19.9 Å². The van der Waals surface area contributed by atoms with E-state index in [0.29, 0.717) is 13.2 Å². The molecule has 0 aliphatic rings. The van der Waals surface area contributed by atoms with Crippen molar-refractivity contribution < 1.29 is 13.2 Å². The lowest BCUT2D eigenvalue weighted by Crippen LogP contribution is -2.30. The van der Waals surface area contributed by atoms with E-state index >= 15 is 0 Å². The van der Waals surface area contributed by atoms with Crippen LogP contribution in [0.25, 0.3) is 0 Å². The Morgan fingerprint density at radius 2 is 2.12 bits per heavy atom. The van der Waals surface area contributed by atoms with Crippen LogP contribution in [-0.2, 0) is 16.6 Å². The van der Waals surface area contributed by atoms with Crippen molar-refractivity contribution in [2.75, 3.05) is 6.61 Å². The first-order valence-corrected chi connectivity index (χ1v) is 7.93. The number of hydrogen-bond acceptors (Lipinski definition) is 4. The van der Waals surface area contributed by atoms with Crippen LogP contribution in [0.4, 0.5) is 0 Å². The van der Waals surface area contributed by atoms with Crippen molar-refractivity contribution in [3.63, 3.8) is 0 Å². The number of aryl methyl sites for hydroxylation is 1. The fourth-order valence-corrected chi connectivity index (χ4v) is 2.96. The third kappa shape index (κ3) is 3.97. The normalized spacial score (nSPS) is 12.1. The van der Waals surface area contributed by atoms with E-state index < -0.39 is 15.3 Å². The van der Waals surface area contributed by atoms with Crippen LogP contribution in [0.1, 0.15) is 30.5 Å². The third-order valence-electron chi connectivity index (χ3n) is 2.25. The molecule has 0 aliphatic heterocycles. The van der Waals surface area contributed by atoms with Crippen LogP contribution >= 0.6 is 11.3 Å². The minimum absolute atomic E-state index is 0.300. The topological polar surface area (TPSA) is 55.4 Å². The second-order valence-corrected chi connectivity index (χ2v) is 7.65. The molecule has 0 aliphatic carbocycles. The summed E-state index contributed by atoms with van der Waals surface area (Å²) in [5.74, 6) is 0.779. The highest BCUT2D eigenvalue weighted by Crippen LogP contribution is 2.29. The van der Waals surface area contributed by atoms with Crippen molar-refractivity contribution in [3.05, 3.63) is 15.8 Å². The quantitative estimate of drug-likeness (QED) is 0.868. The van der Waals surface area contributed by atoms with E-state index in [0.717, 1.165) is 15.5 Å². The van der Waals surface area contributed by atoms with E-state index in [1.165, 1.54) is 0 Å². The molecule has 1 aromatic heterocycles.